The maximum Gasteiger partial charge on any atom is 0.240 e. The molecule has 0 fully saturated rings. The second kappa shape index (κ2) is 9.74. The van der Waals surface area contributed by atoms with E-state index in [1.54, 1.807) is 24.4 Å². The highest BCUT2D eigenvalue weighted by molar-refractivity contribution is 14.1. The number of hydrogen-bond acceptors (Lipinski definition) is 3. The average Bonchev–Trinajstić information content (AvgIpc) is 2.58. The van der Waals surface area contributed by atoms with Crippen LogP contribution in [0.2, 0.25) is 10.0 Å². The SMILES string of the molecule is O=C(CCC(=O)Nc1cc(Cl)ccc1Cl)NN=Cc1ccc(I)cc1. The molecule has 2 amide bonds. The lowest BCUT2D eigenvalue weighted by Crippen LogP contribution is -2.20. The Balaban J connectivity index is 1.76. The van der Waals surface area contributed by atoms with E-state index in [4.69, 9.17) is 23.2 Å². The van der Waals surface area contributed by atoms with Crippen molar-refractivity contribution in [3.8, 4) is 0 Å². The van der Waals surface area contributed by atoms with E-state index in [1.807, 2.05) is 24.3 Å². The Kier molecular flexibility index (Phi) is 7.67. The van der Waals surface area contributed by atoms with Gasteiger partial charge in [-0.2, -0.15) is 5.10 Å². The molecule has 0 bridgehead atoms. The Hall–Kier alpha value is -1.64. The van der Waals surface area contributed by atoms with Crippen LogP contribution in [-0.4, -0.2) is 18.0 Å². The van der Waals surface area contributed by atoms with Gasteiger partial charge in [0.1, 0.15) is 0 Å². The van der Waals surface area contributed by atoms with Crippen molar-refractivity contribution in [2.45, 2.75) is 12.8 Å². The lowest BCUT2D eigenvalue weighted by atomic mass is 10.2. The number of amides is 2. The van der Waals surface area contributed by atoms with Crippen molar-refractivity contribution in [1.82, 2.24) is 5.43 Å². The van der Waals surface area contributed by atoms with Crippen molar-refractivity contribution in [3.63, 3.8) is 0 Å². The molecule has 0 saturated carbocycles. The number of carbonyl (C=O) groups excluding carboxylic acids is 2. The largest absolute Gasteiger partial charge is 0.325 e. The van der Waals surface area contributed by atoms with Crippen LogP contribution in [0.3, 0.4) is 0 Å². The molecule has 2 N–H and O–H groups in total. The molecule has 2 aromatic rings. The Morgan fingerprint density at radius 3 is 2.44 bits per heavy atom. The number of benzene rings is 2. The second-order valence-corrected chi connectivity index (χ2v) is 7.11. The van der Waals surface area contributed by atoms with E-state index < -0.39 is 0 Å². The third kappa shape index (κ3) is 7.01. The van der Waals surface area contributed by atoms with Crippen LogP contribution in [0, 0.1) is 3.57 Å². The number of halogens is 3. The van der Waals surface area contributed by atoms with Gasteiger partial charge in [0.25, 0.3) is 0 Å². The minimum absolute atomic E-state index is 0.00767. The minimum Gasteiger partial charge on any atom is -0.325 e. The highest BCUT2D eigenvalue weighted by Crippen LogP contribution is 2.25. The normalized spacial score (nSPS) is 10.7. The maximum absolute atomic E-state index is 11.9. The van der Waals surface area contributed by atoms with Crippen molar-refractivity contribution in [2.24, 2.45) is 5.10 Å². The number of nitrogens with zero attached hydrogens (tertiary/aromatic N) is 1. The highest BCUT2D eigenvalue weighted by atomic mass is 127. The molecule has 0 saturated heterocycles. The topological polar surface area (TPSA) is 70.6 Å². The molecule has 0 atom stereocenters. The van der Waals surface area contributed by atoms with Crippen molar-refractivity contribution < 1.29 is 9.59 Å². The molecule has 0 aliphatic heterocycles. The molecular weight excluding hydrogens is 476 g/mol. The number of anilines is 1. The van der Waals surface area contributed by atoms with Crippen LogP contribution < -0.4 is 10.7 Å². The summed E-state index contributed by atoms with van der Waals surface area (Å²) < 4.78 is 1.12. The summed E-state index contributed by atoms with van der Waals surface area (Å²) in [5.41, 5.74) is 3.67. The monoisotopic (exact) mass is 489 g/mol. The summed E-state index contributed by atoms with van der Waals surface area (Å²) in [6.45, 7) is 0. The quantitative estimate of drug-likeness (QED) is 0.357. The lowest BCUT2D eigenvalue weighted by Gasteiger charge is -2.07. The molecule has 25 heavy (non-hydrogen) atoms. The third-order valence-electron chi connectivity index (χ3n) is 3.05. The molecule has 130 valence electrons. The van der Waals surface area contributed by atoms with Crippen LogP contribution in [0.5, 0.6) is 0 Å². The van der Waals surface area contributed by atoms with E-state index in [-0.39, 0.29) is 24.7 Å². The van der Waals surface area contributed by atoms with Gasteiger partial charge in [0.05, 0.1) is 16.9 Å². The molecule has 8 heteroatoms. The van der Waals surface area contributed by atoms with Crippen molar-refractivity contribution in [3.05, 3.63) is 61.6 Å². The lowest BCUT2D eigenvalue weighted by molar-refractivity contribution is -0.124. The summed E-state index contributed by atoms with van der Waals surface area (Å²) in [7, 11) is 0. The smallest absolute Gasteiger partial charge is 0.240 e. The van der Waals surface area contributed by atoms with Crippen LogP contribution in [0.1, 0.15) is 18.4 Å². The number of carbonyl (C=O) groups is 2. The number of rotatable bonds is 6. The molecule has 0 heterocycles. The van der Waals surface area contributed by atoms with Gasteiger partial charge in [-0.25, -0.2) is 5.43 Å². The van der Waals surface area contributed by atoms with Crippen LogP contribution >= 0.6 is 45.8 Å². The Morgan fingerprint density at radius 1 is 1.04 bits per heavy atom. The van der Waals surface area contributed by atoms with Gasteiger partial charge in [-0.3, -0.25) is 9.59 Å². The fourth-order valence-corrected chi connectivity index (χ4v) is 2.51. The molecule has 0 aliphatic carbocycles. The van der Waals surface area contributed by atoms with E-state index in [1.165, 1.54) is 0 Å². The third-order valence-corrected chi connectivity index (χ3v) is 4.34. The fourth-order valence-electron chi connectivity index (χ4n) is 1.82. The van der Waals surface area contributed by atoms with Crippen molar-refractivity contribution in [1.29, 1.82) is 0 Å². The number of hydrogen-bond donors (Lipinski definition) is 2. The molecule has 0 aliphatic rings. The molecule has 2 aromatic carbocycles. The van der Waals surface area contributed by atoms with Crippen LogP contribution in [0.4, 0.5) is 5.69 Å². The van der Waals surface area contributed by atoms with Crippen LogP contribution in [-0.2, 0) is 9.59 Å². The zero-order valence-corrected chi connectivity index (χ0v) is 16.6. The molecular formula is C17H14Cl2IN3O2. The van der Waals surface area contributed by atoms with Crippen LogP contribution in [0.15, 0.2) is 47.6 Å². The predicted molar refractivity (Wildman–Crippen MR) is 109 cm³/mol. The highest BCUT2D eigenvalue weighted by Gasteiger charge is 2.09. The Morgan fingerprint density at radius 2 is 1.72 bits per heavy atom. The first-order valence-electron chi connectivity index (χ1n) is 7.26. The zero-order valence-electron chi connectivity index (χ0n) is 12.9. The minimum atomic E-state index is -0.353. The summed E-state index contributed by atoms with van der Waals surface area (Å²) in [6.07, 6.45) is 1.56. The summed E-state index contributed by atoms with van der Waals surface area (Å²) in [5.74, 6) is -0.685. The molecule has 0 unspecified atom stereocenters. The molecule has 0 spiro atoms. The van der Waals surface area contributed by atoms with Gasteiger partial charge in [-0.15, -0.1) is 0 Å². The van der Waals surface area contributed by atoms with Gasteiger partial charge in [0, 0.05) is 21.4 Å². The fraction of sp³-hybridized carbons (Fsp3) is 0.118. The van der Waals surface area contributed by atoms with Gasteiger partial charge in [0.2, 0.25) is 11.8 Å². The van der Waals surface area contributed by atoms with Gasteiger partial charge in [-0.1, -0.05) is 35.3 Å². The number of hydrazone groups is 1. The first-order chi connectivity index (χ1) is 11.9. The zero-order chi connectivity index (χ0) is 18.2. The van der Waals surface area contributed by atoms with E-state index in [2.05, 4.69) is 38.4 Å². The summed E-state index contributed by atoms with van der Waals surface area (Å²) in [5, 5.41) is 7.32. The maximum atomic E-state index is 11.9. The van der Waals surface area contributed by atoms with Gasteiger partial charge < -0.3 is 5.32 Å². The van der Waals surface area contributed by atoms with Gasteiger partial charge in [0.15, 0.2) is 0 Å². The molecule has 5 nitrogen and oxygen atoms in total. The van der Waals surface area contributed by atoms with Crippen molar-refractivity contribution in [2.75, 3.05) is 5.32 Å². The first kappa shape index (κ1) is 19.7. The molecule has 0 radical (unpaired) electrons. The van der Waals surface area contributed by atoms with Crippen LogP contribution in [0.25, 0.3) is 0 Å². The van der Waals surface area contributed by atoms with E-state index in [0.29, 0.717) is 15.7 Å². The second-order valence-electron chi connectivity index (χ2n) is 5.02. The summed E-state index contributed by atoms with van der Waals surface area (Å²) >= 11 is 14.0. The summed E-state index contributed by atoms with van der Waals surface area (Å²) in [6, 6.07) is 12.4. The Labute approximate surface area is 168 Å². The van der Waals surface area contributed by atoms with E-state index in [9.17, 15) is 9.59 Å². The van der Waals surface area contributed by atoms with E-state index in [0.717, 1.165) is 9.13 Å². The summed E-state index contributed by atoms with van der Waals surface area (Å²) in [4.78, 5) is 23.6. The Bertz CT molecular complexity index is 795. The first-order valence-corrected chi connectivity index (χ1v) is 9.10. The van der Waals surface area contributed by atoms with Crippen molar-refractivity contribution >= 4 is 69.5 Å². The van der Waals surface area contributed by atoms with Gasteiger partial charge in [-0.05, 0) is 58.5 Å². The molecule has 2 rings (SSSR count). The predicted octanol–water partition coefficient (Wildman–Crippen LogP) is 4.47. The molecule has 0 aromatic heterocycles. The standard InChI is InChI=1S/C17H14Cl2IN3O2/c18-12-3-6-14(19)15(9-12)22-16(24)7-8-17(25)23-21-10-11-1-4-13(20)5-2-11/h1-6,9-10H,7-8H2,(H,22,24)(H,23,25). The number of nitrogens with one attached hydrogen (secondary N) is 2. The van der Waals surface area contributed by atoms with Gasteiger partial charge >= 0.3 is 0 Å². The average molecular weight is 490 g/mol. The van der Waals surface area contributed by atoms with E-state index >= 15 is 0 Å².